The Kier molecular flexibility index (Phi) is 10.1. The van der Waals surface area contributed by atoms with E-state index in [4.69, 9.17) is 7.98 Å². The summed E-state index contributed by atoms with van der Waals surface area (Å²) in [5.74, 6) is 0.907. The van der Waals surface area contributed by atoms with Crippen LogP contribution in [-0.4, -0.2) is 14.5 Å². The molecule has 1 nitrogen and oxygen atoms in total. The molecule has 0 aromatic carbocycles. The van der Waals surface area contributed by atoms with E-state index in [9.17, 15) is 0 Å². The molecule has 0 aliphatic heterocycles. The average Bonchev–Trinajstić information content (AvgIpc) is 2.13. The van der Waals surface area contributed by atoms with Crippen molar-refractivity contribution in [3.05, 3.63) is 0 Å². The van der Waals surface area contributed by atoms with Crippen LogP contribution in [0.25, 0.3) is 0 Å². The fraction of sp³-hybridized carbons (Fsp3) is 1.00. The van der Waals surface area contributed by atoms with Gasteiger partial charge in [0.05, 0.1) is 0 Å². The van der Waals surface area contributed by atoms with E-state index in [2.05, 4.69) is 19.1 Å². The van der Waals surface area contributed by atoms with Crippen molar-refractivity contribution in [3.63, 3.8) is 0 Å². The molecule has 0 aliphatic rings. The second-order valence-corrected chi connectivity index (χ2v) is 4.05. The van der Waals surface area contributed by atoms with E-state index in [0.717, 1.165) is 12.5 Å². The van der Waals surface area contributed by atoms with Crippen LogP contribution < -0.4 is 5.23 Å². The first-order valence-corrected chi connectivity index (χ1v) is 5.74. The molecule has 0 bridgehead atoms. The highest BCUT2D eigenvalue weighted by molar-refractivity contribution is 6.04. The van der Waals surface area contributed by atoms with E-state index in [-0.39, 0.29) is 0 Å². The molecule has 0 spiro atoms. The minimum absolute atomic E-state index is 0.907. The second-order valence-electron chi connectivity index (χ2n) is 4.05. The molecule has 0 saturated carbocycles. The molecule has 0 rings (SSSR count). The summed E-state index contributed by atoms with van der Waals surface area (Å²) in [5, 5.41) is 2.69. The van der Waals surface area contributed by atoms with Crippen LogP contribution in [-0.2, 0) is 0 Å². The maximum Gasteiger partial charge on any atom is 0.177 e. The van der Waals surface area contributed by atoms with Gasteiger partial charge in [0.1, 0.15) is 0 Å². The monoisotopic (exact) mass is 181 g/mol. The summed E-state index contributed by atoms with van der Waals surface area (Å²) in [6, 6.07) is 0. The van der Waals surface area contributed by atoms with Crippen LogP contribution >= 0.6 is 0 Å². The Hall–Kier alpha value is 0.0249. The number of hydrogen-bond donors (Lipinski definition) is 1. The molecule has 0 saturated heterocycles. The Morgan fingerprint density at radius 2 is 1.69 bits per heavy atom. The van der Waals surface area contributed by atoms with Gasteiger partial charge in [0.15, 0.2) is 7.98 Å². The highest BCUT2D eigenvalue weighted by atomic mass is 14.7. The molecule has 1 atom stereocenters. The molecular weight excluding hydrogens is 157 g/mol. The molecule has 1 unspecified atom stereocenters. The maximum atomic E-state index is 5.19. The number of nitrogens with one attached hydrogen (secondary N) is 1. The molecule has 0 aliphatic carbocycles. The van der Waals surface area contributed by atoms with Gasteiger partial charge in [-0.05, 0) is 18.9 Å². The molecular formula is C11H24BN. The van der Waals surface area contributed by atoms with Gasteiger partial charge in [-0.15, -0.1) is 0 Å². The third kappa shape index (κ3) is 9.94. The molecule has 76 valence electrons. The van der Waals surface area contributed by atoms with E-state index in [1.807, 2.05) is 0 Å². The highest BCUT2D eigenvalue weighted by Crippen LogP contribution is 2.15. The Labute approximate surface area is 85.1 Å². The number of hydrogen-bond acceptors (Lipinski definition) is 1. The van der Waals surface area contributed by atoms with E-state index in [1.54, 1.807) is 0 Å². The standard InChI is InChI=1S/C11H24BN/c1-3-4-5-8-11(2)9-6-7-10-13-12/h11,13H,3-10H2,1-2H3. The lowest BCUT2D eigenvalue weighted by molar-refractivity contribution is 0.444. The molecule has 13 heavy (non-hydrogen) atoms. The Balaban J connectivity index is 3.05. The van der Waals surface area contributed by atoms with Gasteiger partial charge in [-0.25, -0.2) is 0 Å². The van der Waals surface area contributed by atoms with Crippen molar-refractivity contribution in [3.8, 4) is 0 Å². The zero-order chi connectivity index (χ0) is 9.94. The summed E-state index contributed by atoms with van der Waals surface area (Å²) in [4.78, 5) is 0. The predicted molar refractivity (Wildman–Crippen MR) is 60.9 cm³/mol. The Bertz CT molecular complexity index is 96.1. The topological polar surface area (TPSA) is 12.0 Å². The van der Waals surface area contributed by atoms with Crippen molar-refractivity contribution in [2.24, 2.45) is 5.92 Å². The number of unbranched alkanes of at least 4 members (excludes halogenated alkanes) is 3. The third-order valence-corrected chi connectivity index (χ3v) is 2.57. The molecule has 0 heterocycles. The van der Waals surface area contributed by atoms with E-state index in [1.165, 1.54) is 44.9 Å². The van der Waals surface area contributed by atoms with Crippen LogP contribution in [0.15, 0.2) is 0 Å². The van der Waals surface area contributed by atoms with Crippen molar-refractivity contribution in [1.29, 1.82) is 0 Å². The molecule has 0 aromatic heterocycles. The highest BCUT2D eigenvalue weighted by Gasteiger charge is 2.00. The molecule has 2 heteroatoms. The first kappa shape index (κ1) is 13.0. The minimum Gasteiger partial charge on any atom is -0.366 e. The summed E-state index contributed by atoms with van der Waals surface area (Å²) >= 11 is 0. The second kappa shape index (κ2) is 10.1. The fourth-order valence-corrected chi connectivity index (χ4v) is 1.61. The predicted octanol–water partition coefficient (Wildman–Crippen LogP) is 3.05. The first-order valence-electron chi connectivity index (χ1n) is 5.74. The largest absolute Gasteiger partial charge is 0.366 e. The van der Waals surface area contributed by atoms with Gasteiger partial charge in [0, 0.05) is 0 Å². The van der Waals surface area contributed by atoms with Crippen molar-refractivity contribution in [2.75, 3.05) is 6.54 Å². The summed E-state index contributed by atoms with van der Waals surface area (Å²) in [7, 11) is 5.19. The van der Waals surface area contributed by atoms with Gasteiger partial charge >= 0.3 is 0 Å². The summed E-state index contributed by atoms with van der Waals surface area (Å²) in [6.07, 6.45) is 9.45. The van der Waals surface area contributed by atoms with Gasteiger partial charge < -0.3 is 5.23 Å². The van der Waals surface area contributed by atoms with Gasteiger partial charge in [-0.2, -0.15) is 0 Å². The zero-order valence-electron chi connectivity index (χ0n) is 9.31. The SMILES string of the molecule is [B]NCCCCC(C)CCCCC. The van der Waals surface area contributed by atoms with Gasteiger partial charge in [-0.3, -0.25) is 0 Å². The van der Waals surface area contributed by atoms with Crippen LogP contribution in [0.5, 0.6) is 0 Å². The fourth-order valence-electron chi connectivity index (χ4n) is 1.61. The third-order valence-electron chi connectivity index (χ3n) is 2.57. The number of rotatable bonds is 9. The van der Waals surface area contributed by atoms with Crippen LogP contribution in [0.2, 0.25) is 0 Å². The summed E-state index contributed by atoms with van der Waals surface area (Å²) in [6.45, 7) is 5.59. The van der Waals surface area contributed by atoms with Crippen LogP contribution in [0.1, 0.15) is 58.8 Å². The van der Waals surface area contributed by atoms with Crippen molar-refractivity contribution in [2.45, 2.75) is 58.8 Å². The van der Waals surface area contributed by atoms with E-state index >= 15 is 0 Å². The van der Waals surface area contributed by atoms with Gasteiger partial charge in [0.2, 0.25) is 0 Å². The minimum atomic E-state index is 0.907. The van der Waals surface area contributed by atoms with Crippen molar-refractivity contribution >= 4 is 7.98 Å². The van der Waals surface area contributed by atoms with Crippen LogP contribution in [0, 0.1) is 5.92 Å². The first-order chi connectivity index (χ1) is 6.31. The Morgan fingerprint density at radius 3 is 2.23 bits per heavy atom. The summed E-state index contributed by atoms with van der Waals surface area (Å²) in [5.41, 5.74) is 0. The lowest BCUT2D eigenvalue weighted by Crippen LogP contribution is -2.09. The molecule has 2 radical (unpaired) electrons. The molecule has 0 fully saturated rings. The Morgan fingerprint density at radius 1 is 1.08 bits per heavy atom. The van der Waals surface area contributed by atoms with E-state index < -0.39 is 0 Å². The lowest BCUT2D eigenvalue weighted by Gasteiger charge is -2.10. The van der Waals surface area contributed by atoms with Crippen molar-refractivity contribution < 1.29 is 0 Å². The molecule has 0 amide bonds. The van der Waals surface area contributed by atoms with E-state index in [0.29, 0.717) is 0 Å². The molecule has 1 N–H and O–H groups in total. The zero-order valence-corrected chi connectivity index (χ0v) is 9.31. The van der Waals surface area contributed by atoms with Crippen LogP contribution in [0.4, 0.5) is 0 Å². The maximum absolute atomic E-state index is 5.19. The molecule has 0 aromatic rings. The van der Waals surface area contributed by atoms with Crippen LogP contribution in [0.3, 0.4) is 0 Å². The normalized spacial score (nSPS) is 13.1. The van der Waals surface area contributed by atoms with Crippen molar-refractivity contribution in [1.82, 2.24) is 5.23 Å². The summed E-state index contributed by atoms with van der Waals surface area (Å²) < 4.78 is 0. The quantitative estimate of drug-likeness (QED) is 0.425. The average molecular weight is 181 g/mol. The lowest BCUT2D eigenvalue weighted by atomic mass is 9.97. The van der Waals surface area contributed by atoms with Gasteiger partial charge in [0.25, 0.3) is 0 Å². The van der Waals surface area contributed by atoms with Gasteiger partial charge in [-0.1, -0.05) is 52.4 Å². The smallest absolute Gasteiger partial charge is 0.177 e.